The third kappa shape index (κ3) is 1.93. The summed E-state index contributed by atoms with van der Waals surface area (Å²) in [6, 6.07) is 3.87. The van der Waals surface area contributed by atoms with Gasteiger partial charge in [-0.15, -0.1) is 0 Å². The lowest BCUT2D eigenvalue weighted by molar-refractivity contribution is 1.18. The summed E-state index contributed by atoms with van der Waals surface area (Å²) in [4.78, 5) is 1.47. The molecule has 0 bridgehead atoms. The second-order valence-corrected chi connectivity index (χ2v) is 3.48. The second kappa shape index (κ2) is 3.68. The van der Waals surface area contributed by atoms with Crippen molar-refractivity contribution < 1.29 is 0 Å². The van der Waals surface area contributed by atoms with E-state index in [1.165, 1.54) is 4.90 Å². The number of hydrogen-bond donors (Lipinski definition) is 0. The molecule has 1 aromatic rings. The Labute approximate surface area is 83.3 Å². The normalized spacial score (nSPS) is 9.46. The van der Waals surface area contributed by atoms with Crippen LogP contribution in [0.15, 0.2) is 12.1 Å². The standard InChI is InChI=1S/C10H11ClN2/c1-7-4-8(2)10(9(11)5-7)13(3)6-12/h4-5H,1-3H3. The molecule has 0 radical (unpaired) electrons. The van der Waals surface area contributed by atoms with Gasteiger partial charge in [0.1, 0.15) is 0 Å². The van der Waals surface area contributed by atoms with E-state index in [9.17, 15) is 0 Å². The summed E-state index contributed by atoms with van der Waals surface area (Å²) in [5.41, 5.74) is 2.92. The van der Waals surface area contributed by atoms with E-state index < -0.39 is 0 Å². The van der Waals surface area contributed by atoms with Gasteiger partial charge in [0.25, 0.3) is 0 Å². The molecule has 1 aromatic carbocycles. The lowest BCUT2D eigenvalue weighted by Crippen LogP contribution is -2.10. The van der Waals surface area contributed by atoms with Gasteiger partial charge in [0.15, 0.2) is 6.19 Å². The van der Waals surface area contributed by atoms with Crippen LogP contribution >= 0.6 is 11.6 Å². The Hall–Kier alpha value is -1.20. The first-order valence-electron chi connectivity index (χ1n) is 3.96. The van der Waals surface area contributed by atoms with E-state index in [1.807, 2.05) is 32.2 Å². The summed E-state index contributed by atoms with van der Waals surface area (Å²) in [5, 5.41) is 9.35. The summed E-state index contributed by atoms with van der Waals surface area (Å²) < 4.78 is 0. The van der Waals surface area contributed by atoms with E-state index in [0.717, 1.165) is 16.8 Å². The van der Waals surface area contributed by atoms with Gasteiger partial charge in [-0.25, -0.2) is 0 Å². The molecule has 0 saturated heterocycles. The summed E-state index contributed by atoms with van der Waals surface area (Å²) in [5.74, 6) is 0. The molecule has 0 aliphatic rings. The van der Waals surface area contributed by atoms with Crippen LogP contribution in [0.3, 0.4) is 0 Å². The molecule has 0 aliphatic carbocycles. The van der Waals surface area contributed by atoms with E-state index in [-0.39, 0.29) is 0 Å². The van der Waals surface area contributed by atoms with Gasteiger partial charge in [-0.05, 0) is 31.0 Å². The molecule has 0 aliphatic heterocycles. The summed E-state index contributed by atoms with van der Waals surface area (Å²) in [6.45, 7) is 3.93. The van der Waals surface area contributed by atoms with Gasteiger partial charge in [-0.2, -0.15) is 5.26 Å². The average Bonchev–Trinajstić information content (AvgIpc) is 2.02. The predicted octanol–water partition coefficient (Wildman–Crippen LogP) is 2.87. The average molecular weight is 195 g/mol. The molecule has 13 heavy (non-hydrogen) atoms. The zero-order chi connectivity index (χ0) is 10.0. The molecule has 0 amide bonds. The third-order valence-corrected chi connectivity index (χ3v) is 2.17. The molecular weight excluding hydrogens is 184 g/mol. The van der Waals surface area contributed by atoms with Crippen LogP contribution in [0.5, 0.6) is 0 Å². The smallest absolute Gasteiger partial charge is 0.184 e. The molecular formula is C10H11ClN2. The van der Waals surface area contributed by atoms with Crippen molar-refractivity contribution in [1.82, 2.24) is 0 Å². The number of aryl methyl sites for hydroxylation is 2. The Kier molecular flexibility index (Phi) is 2.79. The maximum absolute atomic E-state index is 8.72. The summed E-state index contributed by atoms with van der Waals surface area (Å²) in [7, 11) is 1.70. The van der Waals surface area contributed by atoms with Crippen molar-refractivity contribution in [1.29, 1.82) is 5.26 Å². The molecule has 0 fully saturated rings. The molecule has 2 nitrogen and oxygen atoms in total. The van der Waals surface area contributed by atoms with Crippen molar-refractivity contribution in [2.24, 2.45) is 0 Å². The van der Waals surface area contributed by atoms with Crippen LogP contribution in [0.4, 0.5) is 5.69 Å². The Morgan fingerprint density at radius 3 is 2.46 bits per heavy atom. The number of halogens is 1. The van der Waals surface area contributed by atoms with E-state index in [1.54, 1.807) is 7.05 Å². The van der Waals surface area contributed by atoms with E-state index >= 15 is 0 Å². The summed E-state index contributed by atoms with van der Waals surface area (Å²) >= 11 is 6.02. The number of hydrogen-bond acceptors (Lipinski definition) is 2. The number of benzene rings is 1. The molecule has 3 heteroatoms. The fourth-order valence-corrected chi connectivity index (χ4v) is 1.83. The van der Waals surface area contributed by atoms with Crippen LogP contribution in [0.1, 0.15) is 11.1 Å². The Morgan fingerprint density at radius 2 is 2.00 bits per heavy atom. The molecule has 0 spiro atoms. The van der Waals surface area contributed by atoms with E-state index in [2.05, 4.69) is 0 Å². The summed E-state index contributed by atoms with van der Waals surface area (Å²) in [6.07, 6.45) is 2.03. The Balaban J connectivity index is 3.30. The van der Waals surface area contributed by atoms with Crippen molar-refractivity contribution in [3.05, 3.63) is 28.3 Å². The highest BCUT2D eigenvalue weighted by Crippen LogP contribution is 2.29. The molecule has 0 saturated carbocycles. The number of rotatable bonds is 1. The number of nitrogens with zero attached hydrogens (tertiary/aromatic N) is 2. The van der Waals surface area contributed by atoms with Gasteiger partial charge in [0, 0.05) is 7.05 Å². The maximum atomic E-state index is 8.72. The highest BCUT2D eigenvalue weighted by atomic mass is 35.5. The number of nitriles is 1. The number of anilines is 1. The fraction of sp³-hybridized carbons (Fsp3) is 0.300. The topological polar surface area (TPSA) is 27.0 Å². The first-order chi connectivity index (χ1) is 6.06. The highest BCUT2D eigenvalue weighted by Gasteiger charge is 2.08. The molecule has 68 valence electrons. The van der Waals surface area contributed by atoms with Gasteiger partial charge in [-0.1, -0.05) is 17.7 Å². The first kappa shape index (κ1) is 9.88. The lowest BCUT2D eigenvalue weighted by atomic mass is 10.1. The molecule has 0 unspecified atom stereocenters. The van der Waals surface area contributed by atoms with Crippen molar-refractivity contribution in [3.63, 3.8) is 0 Å². The Bertz CT molecular complexity index is 343. The minimum atomic E-state index is 0.626. The monoisotopic (exact) mass is 194 g/mol. The van der Waals surface area contributed by atoms with Crippen LogP contribution in [0.2, 0.25) is 5.02 Å². The van der Waals surface area contributed by atoms with Gasteiger partial charge in [-0.3, -0.25) is 4.90 Å². The Morgan fingerprint density at radius 1 is 1.38 bits per heavy atom. The van der Waals surface area contributed by atoms with Gasteiger partial charge in [0.2, 0.25) is 0 Å². The molecule has 0 aromatic heterocycles. The third-order valence-electron chi connectivity index (χ3n) is 1.88. The van der Waals surface area contributed by atoms with Crippen molar-refractivity contribution in [3.8, 4) is 6.19 Å². The van der Waals surface area contributed by atoms with Crippen molar-refractivity contribution in [2.45, 2.75) is 13.8 Å². The zero-order valence-corrected chi connectivity index (χ0v) is 8.68. The van der Waals surface area contributed by atoms with Crippen molar-refractivity contribution >= 4 is 17.3 Å². The van der Waals surface area contributed by atoms with Crippen LogP contribution in [0.25, 0.3) is 0 Å². The molecule has 0 heterocycles. The molecule has 1 rings (SSSR count). The van der Waals surface area contributed by atoms with Gasteiger partial charge >= 0.3 is 0 Å². The first-order valence-corrected chi connectivity index (χ1v) is 4.34. The fourth-order valence-electron chi connectivity index (χ4n) is 1.38. The van der Waals surface area contributed by atoms with Crippen LogP contribution in [-0.2, 0) is 0 Å². The van der Waals surface area contributed by atoms with E-state index in [4.69, 9.17) is 16.9 Å². The largest absolute Gasteiger partial charge is 0.281 e. The maximum Gasteiger partial charge on any atom is 0.184 e. The zero-order valence-electron chi connectivity index (χ0n) is 7.93. The van der Waals surface area contributed by atoms with Crippen LogP contribution < -0.4 is 4.90 Å². The molecule has 0 atom stereocenters. The predicted molar refractivity (Wildman–Crippen MR) is 54.9 cm³/mol. The van der Waals surface area contributed by atoms with Crippen LogP contribution in [0, 0.1) is 25.3 Å². The quantitative estimate of drug-likeness (QED) is 0.508. The van der Waals surface area contributed by atoms with Crippen molar-refractivity contribution in [2.75, 3.05) is 11.9 Å². The molecule has 0 N–H and O–H groups in total. The lowest BCUT2D eigenvalue weighted by Gasteiger charge is -2.14. The second-order valence-electron chi connectivity index (χ2n) is 3.07. The van der Waals surface area contributed by atoms with E-state index in [0.29, 0.717) is 5.02 Å². The van der Waals surface area contributed by atoms with Gasteiger partial charge in [0.05, 0.1) is 10.7 Å². The SMILES string of the molecule is Cc1cc(C)c(N(C)C#N)c(Cl)c1. The van der Waals surface area contributed by atoms with Gasteiger partial charge < -0.3 is 0 Å². The highest BCUT2D eigenvalue weighted by molar-refractivity contribution is 6.33. The minimum absolute atomic E-state index is 0.626. The minimum Gasteiger partial charge on any atom is -0.281 e. The van der Waals surface area contributed by atoms with Crippen LogP contribution in [-0.4, -0.2) is 7.05 Å².